The lowest BCUT2D eigenvalue weighted by molar-refractivity contribution is -0.126. The molecule has 0 aromatic heterocycles. The number of halogens is 1. The Balaban J connectivity index is 1.92. The molecule has 0 bridgehead atoms. The fraction of sp³-hybridized carbons (Fsp3) is 0.533. The number of amides is 1. The van der Waals surface area contributed by atoms with E-state index in [1.165, 1.54) is 16.4 Å². The van der Waals surface area contributed by atoms with E-state index in [1.54, 1.807) is 19.1 Å². The highest BCUT2D eigenvalue weighted by Gasteiger charge is 2.31. The summed E-state index contributed by atoms with van der Waals surface area (Å²) < 4.78 is 38.3. The molecule has 122 valence electrons. The third-order valence-electron chi connectivity index (χ3n) is 3.87. The molecule has 1 saturated heterocycles. The highest BCUT2D eigenvalue weighted by atomic mass is 32.2. The molecule has 1 aliphatic rings. The zero-order chi connectivity index (χ0) is 16.2. The van der Waals surface area contributed by atoms with Crippen LogP contribution in [0.3, 0.4) is 0 Å². The second-order valence-electron chi connectivity index (χ2n) is 5.45. The first-order chi connectivity index (χ1) is 10.4. The average molecular weight is 328 g/mol. The van der Waals surface area contributed by atoms with E-state index in [4.69, 9.17) is 0 Å². The van der Waals surface area contributed by atoms with Crippen molar-refractivity contribution in [2.24, 2.45) is 5.92 Å². The Morgan fingerprint density at radius 2 is 2.23 bits per heavy atom. The molecule has 1 aliphatic heterocycles. The van der Waals surface area contributed by atoms with Crippen LogP contribution in [0.15, 0.2) is 24.3 Å². The van der Waals surface area contributed by atoms with E-state index in [1.807, 2.05) is 0 Å². The van der Waals surface area contributed by atoms with Gasteiger partial charge in [-0.1, -0.05) is 12.1 Å². The maximum absolute atomic E-state index is 13.1. The molecule has 1 amide bonds. The van der Waals surface area contributed by atoms with Crippen molar-refractivity contribution in [2.75, 3.05) is 18.8 Å². The maximum atomic E-state index is 13.1. The van der Waals surface area contributed by atoms with Gasteiger partial charge in [-0.2, -0.15) is 0 Å². The number of nitrogens with zero attached hydrogens (tertiary/aromatic N) is 1. The van der Waals surface area contributed by atoms with Crippen LogP contribution in [0.5, 0.6) is 0 Å². The van der Waals surface area contributed by atoms with Crippen LogP contribution in [0.25, 0.3) is 0 Å². The van der Waals surface area contributed by atoms with Crippen LogP contribution >= 0.6 is 0 Å². The summed E-state index contributed by atoms with van der Waals surface area (Å²) in [6.07, 6.45) is 1.35. The van der Waals surface area contributed by atoms with Crippen molar-refractivity contribution in [1.29, 1.82) is 0 Å². The van der Waals surface area contributed by atoms with E-state index >= 15 is 0 Å². The molecular weight excluding hydrogens is 307 g/mol. The molecular formula is C15H21FN2O3S. The molecule has 1 aromatic carbocycles. The summed E-state index contributed by atoms with van der Waals surface area (Å²) in [5.74, 6) is -0.821. The predicted octanol–water partition coefficient (Wildman–Crippen LogP) is 1.50. The zero-order valence-electron chi connectivity index (χ0n) is 12.6. The monoisotopic (exact) mass is 328 g/mol. The highest BCUT2D eigenvalue weighted by molar-refractivity contribution is 7.89. The molecule has 1 fully saturated rings. The minimum Gasteiger partial charge on any atom is -0.352 e. The summed E-state index contributed by atoms with van der Waals surface area (Å²) in [6.45, 7) is 2.55. The van der Waals surface area contributed by atoms with Crippen LogP contribution < -0.4 is 5.32 Å². The molecule has 1 aromatic rings. The van der Waals surface area contributed by atoms with Crippen LogP contribution in [0.2, 0.25) is 0 Å². The standard InChI is InChI=1S/C15H21FN2O3S/c1-2-22(20,21)18-8-4-6-13(11-18)15(19)17-10-12-5-3-7-14(16)9-12/h3,5,7,9,13H,2,4,6,8,10-11H2,1H3,(H,17,19)/t13-/m0/s1. The molecule has 1 heterocycles. The Bertz CT molecular complexity index is 633. The number of sulfonamides is 1. The third kappa shape index (κ3) is 4.27. The van der Waals surface area contributed by atoms with Gasteiger partial charge in [0.05, 0.1) is 11.7 Å². The SMILES string of the molecule is CCS(=O)(=O)N1CCC[C@H](C(=O)NCc2cccc(F)c2)C1. The van der Waals surface area contributed by atoms with Gasteiger partial charge in [0.15, 0.2) is 0 Å². The Morgan fingerprint density at radius 1 is 1.45 bits per heavy atom. The molecule has 0 spiro atoms. The first-order valence-corrected chi connectivity index (χ1v) is 9.03. The fourth-order valence-corrected chi connectivity index (χ4v) is 3.75. The minimum absolute atomic E-state index is 0.0463. The summed E-state index contributed by atoms with van der Waals surface area (Å²) in [6, 6.07) is 6.04. The van der Waals surface area contributed by atoms with Crippen LogP contribution in [0, 0.1) is 11.7 Å². The quantitative estimate of drug-likeness (QED) is 0.891. The van der Waals surface area contributed by atoms with Gasteiger partial charge in [0.1, 0.15) is 5.82 Å². The Morgan fingerprint density at radius 3 is 2.91 bits per heavy atom. The molecule has 1 N–H and O–H groups in total. The van der Waals surface area contributed by atoms with Gasteiger partial charge in [-0.3, -0.25) is 4.79 Å². The van der Waals surface area contributed by atoms with Crippen molar-refractivity contribution in [3.63, 3.8) is 0 Å². The normalized spacial score (nSPS) is 19.8. The van der Waals surface area contributed by atoms with Gasteiger partial charge in [0.2, 0.25) is 15.9 Å². The van der Waals surface area contributed by atoms with E-state index in [0.717, 1.165) is 0 Å². The van der Waals surface area contributed by atoms with Gasteiger partial charge in [-0.25, -0.2) is 17.1 Å². The van der Waals surface area contributed by atoms with Crippen LogP contribution in [-0.4, -0.2) is 37.5 Å². The summed E-state index contributed by atoms with van der Waals surface area (Å²) in [5.41, 5.74) is 0.683. The first kappa shape index (κ1) is 16.9. The maximum Gasteiger partial charge on any atom is 0.224 e. The van der Waals surface area contributed by atoms with Crippen LogP contribution in [0.1, 0.15) is 25.3 Å². The zero-order valence-corrected chi connectivity index (χ0v) is 13.4. The molecule has 0 radical (unpaired) electrons. The lowest BCUT2D eigenvalue weighted by atomic mass is 9.99. The molecule has 5 nitrogen and oxygen atoms in total. The first-order valence-electron chi connectivity index (χ1n) is 7.42. The van der Waals surface area contributed by atoms with Gasteiger partial charge < -0.3 is 5.32 Å². The highest BCUT2D eigenvalue weighted by Crippen LogP contribution is 2.19. The number of benzene rings is 1. The summed E-state index contributed by atoms with van der Waals surface area (Å²) in [7, 11) is -3.26. The second-order valence-corrected chi connectivity index (χ2v) is 7.70. The number of hydrogen-bond donors (Lipinski definition) is 1. The van der Waals surface area contributed by atoms with Crippen molar-refractivity contribution in [3.05, 3.63) is 35.6 Å². The van der Waals surface area contributed by atoms with E-state index in [9.17, 15) is 17.6 Å². The van der Waals surface area contributed by atoms with Crippen LogP contribution in [-0.2, 0) is 21.4 Å². The largest absolute Gasteiger partial charge is 0.352 e. The average Bonchev–Trinajstić information content (AvgIpc) is 2.53. The van der Waals surface area contributed by atoms with E-state index < -0.39 is 10.0 Å². The summed E-state index contributed by atoms with van der Waals surface area (Å²) in [5, 5.41) is 2.76. The smallest absolute Gasteiger partial charge is 0.224 e. The Kier molecular flexibility index (Phi) is 5.52. The van der Waals surface area contributed by atoms with Crippen molar-refractivity contribution >= 4 is 15.9 Å². The number of rotatable bonds is 5. The molecule has 2 rings (SSSR count). The summed E-state index contributed by atoms with van der Waals surface area (Å²) in [4.78, 5) is 12.2. The number of carbonyl (C=O) groups is 1. The molecule has 7 heteroatoms. The predicted molar refractivity (Wildman–Crippen MR) is 82.0 cm³/mol. The van der Waals surface area contributed by atoms with Gasteiger partial charge >= 0.3 is 0 Å². The molecule has 0 unspecified atom stereocenters. The number of piperidine rings is 1. The lowest BCUT2D eigenvalue weighted by Gasteiger charge is -2.30. The van der Waals surface area contributed by atoms with Gasteiger partial charge in [0, 0.05) is 19.6 Å². The third-order valence-corrected chi connectivity index (χ3v) is 5.72. The summed E-state index contributed by atoms with van der Waals surface area (Å²) >= 11 is 0. The molecule has 0 aliphatic carbocycles. The Hall–Kier alpha value is -1.47. The van der Waals surface area contributed by atoms with E-state index in [0.29, 0.717) is 24.9 Å². The molecule has 22 heavy (non-hydrogen) atoms. The molecule has 0 saturated carbocycles. The number of carbonyl (C=O) groups excluding carboxylic acids is 1. The van der Waals surface area contributed by atoms with Crippen LogP contribution in [0.4, 0.5) is 4.39 Å². The van der Waals surface area contributed by atoms with Gasteiger partial charge in [-0.05, 0) is 37.5 Å². The number of nitrogens with one attached hydrogen (secondary N) is 1. The minimum atomic E-state index is -3.26. The molecule has 1 atom stereocenters. The van der Waals surface area contributed by atoms with E-state index in [2.05, 4.69) is 5.32 Å². The van der Waals surface area contributed by atoms with Crippen molar-refractivity contribution < 1.29 is 17.6 Å². The number of hydrogen-bond acceptors (Lipinski definition) is 3. The van der Waals surface area contributed by atoms with Crippen molar-refractivity contribution in [3.8, 4) is 0 Å². The second kappa shape index (κ2) is 7.19. The van der Waals surface area contributed by atoms with Crippen molar-refractivity contribution in [1.82, 2.24) is 9.62 Å². The topological polar surface area (TPSA) is 66.5 Å². The van der Waals surface area contributed by atoms with E-state index in [-0.39, 0.29) is 36.5 Å². The lowest BCUT2D eigenvalue weighted by Crippen LogP contribution is -2.45. The van der Waals surface area contributed by atoms with Gasteiger partial charge in [0.25, 0.3) is 0 Å². The Labute approximate surface area is 130 Å². The fourth-order valence-electron chi connectivity index (χ4n) is 2.57. The van der Waals surface area contributed by atoms with Crippen molar-refractivity contribution in [2.45, 2.75) is 26.3 Å². The van der Waals surface area contributed by atoms with Gasteiger partial charge in [-0.15, -0.1) is 0 Å².